The molecule has 1 aromatic heterocycles. The van der Waals surface area contributed by atoms with Crippen LogP contribution in [0, 0.1) is 0 Å². The molecule has 1 heterocycles. The zero-order valence-corrected chi connectivity index (χ0v) is 18.7. The van der Waals surface area contributed by atoms with Crippen LogP contribution in [-0.4, -0.2) is 22.6 Å². The van der Waals surface area contributed by atoms with Gasteiger partial charge in [-0.2, -0.15) is 5.10 Å². The molecule has 0 saturated heterocycles. The third kappa shape index (κ3) is 8.68. The number of para-hydroxylation sites is 1. The van der Waals surface area contributed by atoms with Gasteiger partial charge in [0.15, 0.2) is 5.69 Å². The number of aromatic amines is 1. The first-order valence-corrected chi connectivity index (χ1v) is 12.0. The van der Waals surface area contributed by atoms with Crippen LogP contribution in [0.15, 0.2) is 29.1 Å². The highest BCUT2D eigenvalue weighted by atomic mass is 16.2. The van der Waals surface area contributed by atoms with E-state index in [1.54, 1.807) is 18.2 Å². The van der Waals surface area contributed by atoms with Gasteiger partial charge in [0.05, 0.1) is 5.52 Å². The number of H-pyrrole nitrogens is 1. The molecule has 0 fully saturated rings. The number of carbonyl (C=O) groups excluding carboxylic acids is 1. The summed E-state index contributed by atoms with van der Waals surface area (Å²) in [5.41, 5.74) is 0.271. The second-order valence-corrected chi connectivity index (χ2v) is 8.30. The highest BCUT2D eigenvalue weighted by Gasteiger charge is 2.14. The Balaban J connectivity index is 1.47. The monoisotopic (exact) mass is 413 g/mol. The average Bonchev–Trinajstić information content (AvgIpc) is 2.76. The van der Waals surface area contributed by atoms with Gasteiger partial charge >= 0.3 is 0 Å². The number of unbranched alkanes of at least 4 members (excludes halogenated alkanes) is 13. The molecular formula is C25H39N3O2. The molecule has 0 unspecified atom stereocenters. The molecule has 5 heteroatoms. The summed E-state index contributed by atoms with van der Waals surface area (Å²) in [7, 11) is 0. The lowest BCUT2D eigenvalue weighted by Crippen LogP contribution is -2.31. The minimum absolute atomic E-state index is 0.0564. The van der Waals surface area contributed by atoms with E-state index in [-0.39, 0.29) is 11.1 Å². The van der Waals surface area contributed by atoms with Gasteiger partial charge in [-0.25, -0.2) is 0 Å². The number of nitrogens with one attached hydrogen (secondary N) is 2. The maximum Gasteiger partial charge on any atom is 0.275 e. The van der Waals surface area contributed by atoms with E-state index in [2.05, 4.69) is 22.4 Å². The molecule has 2 aromatic rings. The number of hydrogen-bond acceptors (Lipinski definition) is 3. The number of hydrogen-bond donors (Lipinski definition) is 2. The first kappa shape index (κ1) is 24.1. The molecule has 5 nitrogen and oxygen atoms in total. The Kier molecular flexibility index (Phi) is 11.9. The van der Waals surface area contributed by atoms with E-state index in [9.17, 15) is 9.59 Å². The molecule has 0 aliphatic rings. The van der Waals surface area contributed by atoms with Crippen LogP contribution in [0.4, 0.5) is 0 Å². The van der Waals surface area contributed by atoms with Crippen molar-refractivity contribution in [3.63, 3.8) is 0 Å². The summed E-state index contributed by atoms with van der Waals surface area (Å²) in [5.74, 6) is -0.392. The largest absolute Gasteiger partial charge is 0.351 e. The van der Waals surface area contributed by atoms with Crippen molar-refractivity contribution in [3.8, 4) is 0 Å². The molecule has 0 aliphatic heterocycles. The Labute approximate surface area is 181 Å². The van der Waals surface area contributed by atoms with Crippen LogP contribution < -0.4 is 10.7 Å². The van der Waals surface area contributed by atoms with Gasteiger partial charge in [0.2, 0.25) is 5.43 Å². The van der Waals surface area contributed by atoms with E-state index in [0.29, 0.717) is 17.4 Å². The van der Waals surface area contributed by atoms with Crippen LogP contribution in [-0.2, 0) is 0 Å². The van der Waals surface area contributed by atoms with Crippen LogP contribution in [0.3, 0.4) is 0 Å². The zero-order valence-electron chi connectivity index (χ0n) is 18.7. The molecule has 2 N–H and O–H groups in total. The average molecular weight is 414 g/mol. The predicted octanol–water partition coefficient (Wildman–Crippen LogP) is 6.13. The first-order valence-electron chi connectivity index (χ1n) is 12.0. The smallest absolute Gasteiger partial charge is 0.275 e. The summed E-state index contributed by atoms with van der Waals surface area (Å²) < 4.78 is 0. The fraction of sp³-hybridized carbons (Fsp3) is 0.640. The fourth-order valence-electron chi connectivity index (χ4n) is 3.83. The summed E-state index contributed by atoms with van der Waals surface area (Å²) in [6.45, 7) is 2.85. The molecule has 30 heavy (non-hydrogen) atoms. The van der Waals surface area contributed by atoms with E-state index in [4.69, 9.17) is 0 Å². The summed E-state index contributed by atoms with van der Waals surface area (Å²) in [6, 6.07) is 7.10. The molecule has 0 spiro atoms. The van der Waals surface area contributed by atoms with Crippen molar-refractivity contribution in [3.05, 3.63) is 40.2 Å². The topological polar surface area (TPSA) is 74.8 Å². The summed E-state index contributed by atoms with van der Waals surface area (Å²) in [6.07, 6.45) is 18.3. The second-order valence-electron chi connectivity index (χ2n) is 8.30. The van der Waals surface area contributed by atoms with Crippen molar-refractivity contribution in [2.75, 3.05) is 6.54 Å². The Morgan fingerprint density at radius 2 is 1.37 bits per heavy atom. The Hall–Kier alpha value is -2.17. The van der Waals surface area contributed by atoms with Crippen molar-refractivity contribution in [2.24, 2.45) is 0 Å². The summed E-state index contributed by atoms with van der Waals surface area (Å²) in [4.78, 5) is 24.6. The lowest BCUT2D eigenvalue weighted by Gasteiger charge is -2.05. The van der Waals surface area contributed by atoms with Gasteiger partial charge in [-0.1, -0.05) is 103 Å². The van der Waals surface area contributed by atoms with Gasteiger partial charge in [0, 0.05) is 11.9 Å². The van der Waals surface area contributed by atoms with Gasteiger partial charge in [-0.3, -0.25) is 14.7 Å². The van der Waals surface area contributed by atoms with Gasteiger partial charge in [-0.15, -0.1) is 0 Å². The van der Waals surface area contributed by atoms with E-state index in [1.165, 1.54) is 77.0 Å². The van der Waals surface area contributed by atoms with Gasteiger partial charge < -0.3 is 5.32 Å². The predicted molar refractivity (Wildman–Crippen MR) is 125 cm³/mol. The van der Waals surface area contributed by atoms with Crippen molar-refractivity contribution in [1.82, 2.24) is 15.5 Å². The van der Waals surface area contributed by atoms with Gasteiger partial charge in [-0.05, 0) is 18.6 Å². The zero-order chi connectivity index (χ0) is 21.4. The third-order valence-electron chi connectivity index (χ3n) is 5.71. The molecule has 1 aromatic carbocycles. The molecule has 166 valence electrons. The number of fused-ring (bicyclic) bond motifs is 1. The van der Waals surface area contributed by atoms with Crippen LogP contribution in [0.25, 0.3) is 10.9 Å². The molecule has 1 amide bonds. The number of amides is 1. The molecule has 0 saturated carbocycles. The van der Waals surface area contributed by atoms with E-state index < -0.39 is 5.91 Å². The number of rotatable bonds is 16. The van der Waals surface area contributed by atoms with Crippen LogP contribution in [0.1, 0.15) is 107 Å². The number of aromatic nitrogens is 2. The number of benzene rings is 1. The van der Waals surface area contributed by atoms with Crippen LogP contribution in [0.5, 0.6) is 0 Å². The summed E-state index contributed by atoms with van der Waals surface area (Å²) >= 11 is 0. The molecular weight excluding hydrogens is 374 g/mol. The number of nitrogens with zero attached hydrogens (tertiary/aromatic N) is 1. The van der Waals surface area contributed by atoms with E-state index in [1.807, 2.05) is 6.07 Å². The van der Waals surface area contributed by atoms with Gasteiger partial charge in [0.1, 0.15) is 0 Å². The van der Waals surface area contributed by atoms with E-state index >= 15 is 0 Å². The Morgan fingerprint density at radius 1 is 0.833 bits per heavy atom. The van der Waals surface area contributed by atoms with Crippen molar-refractivity contribution in [1.29, 1.82) is 0 Å². The van der Waals surface area contributed by atoms with Crippen molar-refractivity contribution >= 4 is 16.8 Å². The lowest BCUT2D eigenvalue weighted by atomic mass is 10.0. The maximum absolute atomic E-state index is 12.4. The highest BCUT2D eigenvalue weighted by molar-refractivity contribution is 5.95. The van der Waals surface area contributed by atoms with Crippen molar-refractivity contribution < 1.29 is 4.79 Å². The molecule has 0 aliphatic carbocycles. The molecule has 0 bridgehead atoms. The molecule has 0 atom stereocenters. The lowest BCUT2D eigenvalue weighted by molar-refractivity contribution is 0.0946. The maximum atomic E-state index is 12.4. The fourth-order valence-corrected chi connectivity index (χ4v) is 3.83. The standard InChI is InChI=1S/C25H39N3O2/c1-2-3-4-5-6-7-8-9-10-11-12-13-14-17-20-26-25(30)23-24(29)21-18-15-16-19-22(21)27-28-23/h15-16,18-19H,2-14,17,20H2,1H3,(H,26,30)(H,27,29). The SMILES string of the molecule is CCCCCCCCCCCCCCCCNC(=O)c1n[nH]c2ccccc2c1=O. The highest BCUT2D eigenvalue weighted by Crippen LogP contribution is 2.13. The quantitative estimate of drug-likeness (QED) is 0.325. The molecule has 0 radical (unpaired) electrons. The van der Waals surface area contributed by atoms with Crippen LogP contribution in [0.2, 0.25) is 0 Å². The normalized spacial score (nSPS) is 11.1. The Morgan fingerprint density at radius 3 is 1.97 bits per heavy atom. The van der Waals surface area contributed by atoms with Crippen molar-refractivity contribution in [2.45, 2.75) is 96.8 Å². The third-order valence-corrected chi connectivity index (χ3v) is 5.71. The second kappa shape index (κ2) is 14.8. The van der Waals surface area contributed by atoms with E-state index in [0.717, 1.165) is 12.8 Å². The minimum Gasteiger partial charge on any atom is -0.351 e. The van der Waals surface area contributed by atoms with Gasteiger partial charge in [0.25, 0.3) is 5.91 Å². The minimum atomic E-state index is -0.392. The van der Waals surface area contributed by atoms with Crippen LogP contribution >= 0.6 is 0 Å². The first-order chi connectivity index (χ1) is 14.7. The summed E-state index contributed by atoms with van der Waals surface area (Å²) in [5, 5.41) is 10.1. The molecule has 2 rings (SSSR count). The number of carbonyl (C=O) groups is 1. The Bertz CT molecular complexity index is 800.